The van der Waals surface area contributed by atoms with E-state index in [-0.39, 0.29) is 22.9 Å². The molecule has 0 saturated carbocycles. The largest absolute Gasteiger partial charge is 0.419 e. The van der Waals surface area contributed by atoms with Crippen molar-refractivity contribution in [2.24, 2.45) is 0 Å². The SMILES string of the molecule is FC(F)(F)c1cc(Br)cnc1NCC1COCCO1. The Bertz CT molecular complexity index is 436. The normalized spacial score (nSPS) is 20.3. The number of nitrogens with zero attached hydrogens (tertiary/aromatic N) is 1. The summed E-state index contributed by atoms with van der Waals surface area (Å²) in [6.45, 7) is 1.55. The summed E-state index contributed by atoms with van der Waals surface area (Å²) < 4.78 is 49.3. The summed E-state index contributed by atoms with van der Waals surface area (Å²) in [7, 11) is 0. The maximum Gasteiger partial charge on any atom is 0.419 e. The quantitative estimate of drug-likeness (QED) is 0.918. The Morgan fingerprint density at radius 3 is 2.84 bits per heavy atom. The van der Waals surface area contributed by atoms with Gasteiger partial charge in [0.05, 0.1) is 31.5 Å². The molecule has 106 valence electrons. The summed E-state index contributed by atoms with van der Waals surface area (Å²) in [4.78, 5) is 3.75. The molecule has 0 aromatic carbocycles. The zero-order valence-corrected chi connectivity index (χ0v) is 11.4. The molecular formula is C11H12BrF3N2O2. The van der Waals surface area contributed by atoms with Crippen LogP contribution >= 0.6 is 15.9 Å². The van der Waals surface area contributed by atoms with Gasteiger partial charge in [-0.05, 0) is 22.0 Å². The molecule has 1 aromatic rings. The van der Waals surface area contributed by atoms with Crippen LogP contribution in [-0.4, -0.2) is 37.5 Å². The van der Waals surface area contributed by atoms with Gasteiger partial charge in [-0.1, -0.05) is 0 Å². The first-order valence-electron chi connectivity index (χ1n) is 5.63. The van der Waals surface area contributed by atoms with Gasteiger partial charge in [0.15, 0.2) is 0 Å². The Morgan fingerprint density at radius 2 is 2.21 bits per heavy atom. The average molecular weight is 341 g/mol. The monoisotopic (exact) mass is 340 g/mol. The minimum atomic E-state index is -4.46. The van der Waals surface area contributed by atoms with Gasteiger partial charge in [-0.3, -0.25) is 0 Å². The molecule has 19 heavy (non-hydrogen) atoms. The van der Waals surface area contributed by atoms with Gasteiger partial charge >= 0.3 is 6.18 Å². The van der Waals surface area contributed by atoms with Crippen molar-refractivity contribution in [3.8, 4) is 0 Å². The van der Waals surface area contributed by atoms with E-state index in [0.717, 1.165) is 6.07 Å². The summed E-state index contributed by atoms with van der Waals surface area (Å²) in [6, 6.07) is 0.994. The molecule has 1 saturated heterocycles. The zero-order valence-electron chi connectivity index (χ0n) is 9.84. The van der Waals surface area contributed by atoms with E-state index in [4.69, 9.17) is 9.47 Å². The van der Waals surface area contributed by atoms with Crippen molar-refractivity contribution in [2.75, 3.05) is 31.7 Å². The van der Waals surface area contributed by atoms with E-state index in [2.05, 4.69) is 26.2 Å². The molecule has 2 rings (SSSR count). The first kappa shape index (κ1) is 14.5. The number of anilines is 1. The van der Waals surface area contributed by atoms with Gasteiger partial charge in [-0.2, -0.15) is 13.2 Å². The third-order valence-electron chi connectivity index (χ3n) is 2.54. The smallest absolute Gasteiger partial charge is 0.376 e. The van der Waals surface area contributed by atoms with Crippen molar-refractivity contribution < 1.29 is 22.6 Å². The van der Waals surface area contributed by atoms with Crippen molar-refractivity contribution >= 4 is 21.7 Å². The topological polar surface area (TPSA) is 43.4 Å². The van der Waals surface area contributed by atoms with Gasteiger partial charge in [-0.15, -0.1) is 0 Å². The lowest BCUT2D eigenvalue weighted by Crippen LogP contribution is -2.34. The molecule has 1 aliphatic heterocycles. The van der Waals surface area contributed by atoms with Crippen molar-refractivity contribution in [2.45, 2.75) is 12.3 Å². The van der Waals surface area contributed by atoms with E-state index in [1.54, 1.807) is 0 Å². The van der Waals surface area contributed by atoms with Crippen LogP contribution in [0, 0.1) is 0 Å². The van der Waals surface area contributed by atoms with Gasteiger partial charge in [0.1, 0.15) is 5.82 Å². The maximum atomic E-state index is 12.8. The van der Waals surface area contributed by atoms with Crippen LogP contribution in [0.5, 0.6) is 0 Å². The van der Waals surface area contributed by atoms with E-state index < -0.39 is 11.7 Å². The predicted octanol–water partition coefficient (Wildman–Crippen LogP) is 2.69. The van der Waals surface area contributed by atoms with Crippen molar-refractivity contribution in [1.29, 1.82) is 0 Å². The summed E-state index contributed by atoms with van der Waals surface area (Å²) >= 11 is 2.98. The number of ether oxygens (including phenoxy) is 2. The molecule has 0 spiro atoms. The van der Waals surface area contributed by atoms with E-state index >= 15 is 0 Å². The highest BCUT2D eigenvalue weighted by atomic mass is 79.9. The molecule has 4 nitrogen and oxygen atoms in total. The fourth-order valence-corrected chi connectivity index (χ4v) is 1.99. The molecule has 1 fully saturated rings. The lowest BCUT2D eigenvalue weighted by molar-refractivity contribution is -0.137. The molecule has 1 atom stereocenters. The van der Waals surface area contributed by atoms with Gasteiger partial charge in [0.25, 0.3) is 0 Å². The Kier molecular flexibility index (Phi) is 4.64. The Labute approximate surface area is 116 Å². The molecule has 0 bridgehead atoms. The first-order valence-corrected chi connectivity index (χ1v) is 6.42. The van der Waals surface area contributed by atoms with Gasteiger partial charge < -0.3 is 14.8 Å². The highest BCUT2D eigenvalue weighted by molar-refractivity contribution is 9.10. The number of hydrogen-bond donors (Lipinski definition) is 1. The third kappa shape index (κ3) is 4.05. The number of hydrogen-bond acceptors (Lipinski definition) is 4. The fourth-order valence-electron chi connectivity index (χ4n) is 1.66. The second-order valence-corrected chi connectivity index (χ2v) is 4.91. The molecule has 1 aliphatic rings. The van der Waals surface area contributed by atoms with Crippen LogP contribution in [0.2, 0.25) is 0 Å². The summed E-state index contributed by atoms with van der Waals surface area (Å²) in [5.74, 6) is -0.204. The highest BCUT2D eigenvalue weighted by Gasteiger charge is 2.34. The zero-order chi connectivity index (χ0) is 13.9. The van der Waals surface area contributed by atoms with Crippen LogP contribution < -0.4 is 5.32 Å². The molecule has 2 heterocycles. The number of pyridine rings is 1. The Hall–Kier alpha value is -0.860. The number of rotatable bonds is 3. The van der Waals surface area contributed by atoms with E-state index in [0.29, 0.717) is 19.8 Å². The van der Waals surface area contributed by atoms with Crippen LogP contribution in [-0.2, 0) is 15.7 Å². The highest BCUT2D eigenvalue weighted by Crippen LogP contribution is 2.35. The molecule has 8 heteroatoms. The summed E-state index contributed by atoms with van der Waals surface area (Å²) in [5.41, 5.74) is -0.807. The van der Waals surface area contributed by atoms with Gasteiger partial charge in [0, 0.05) is 17.2 Å². The van der Waals surface area contributed by atoms with Crippen LogP contribution in [0.15, 0.2) is 16.7 Å². The van der Waals surface area contributed by atoms with E-state index in [1.807, 2.05) is 0 Å². The second kappa shape index (κ2) is 6.06. The Balaban J connectivity index is 2.06. The van der Waals surface area contributed by atoms with Crippen LogP contribution in [0.3, 0.4) is 0 Å². The molecule has 1 aromatic heterocycles. The first-order chi connectivity index (χ1) is 8.97. The van der Waals surface area contributed by atoms with Crippen LogP contribution in [0.4, 0.5) is 19.0 Å². The fraction of sp³-hybridized carbons (Fsp3) is 0.545. The van der Waals surface area contributed by atoms with E-state index in [1.165, 1.54) is 6.20 Å². The minimum absolute atomic E-state index is 0.204. The molecule has 1 unspecified atom stereocenters. The van der Waals surface area contributed by atoms with Crippen molar-refractivity contribution in [3.05, 3.63) is 22.3 Å². The van der Waals surface area contributed by atoms with Crippen molar-refractivity contribution in [1.82, 2.24) is 4.98 Å². The lowest BCUT2D eigenvalue weighted by atomic mass is 10.2. The van der Waals surface area contributed by atoms with Crippen LogP contribution in [0.1, 0.15) is 5.56 Å². The average Bonchev–Trinajstić information content (AvgIpc) is 2.37. The molecule has 0 aliphatic carbocycles. The second-order valence-electron chi connectivity index (χ2n) is 4.00. The van der Waals surface area contributed by atoms with Gasteiger partial charge in [0.2, 0.25) is 0 Å². The third-order valence-corrected chi connectivity index (χ3v) is 2.98. The van der Waals surface area contributed by atoms with Crippen molar-refractivity contribution in [3.63, 3.8) is 0 Å². The lowest BCUT2D eigenvalue weighted by Gasteiger charge is -2.24. The predicted molar refractivity (Wildman–Crippen MR) is 66.0 cm³/mol. The maximum absolute atomic E-state index is 12.8. The number of halogens is 4. The van der Waals surface area contributed by atoms with E-state index in [9.17, 15) is 13.2 Å². The molecular weight excluding hydrogens is 329 g/mol. The summed E-state index contributed by atoms with van der Waals surface area (Å²) in [6.07, 6.45) is -3.40. The summed E-state index contributed by atoms with van der Waals surface area (Å²) in [5, 5.41) is 2.66. The number of alkyl halides is 3. The standard InChI is InChI=1S/C11H12BrF3N2O2/c12-7-3-9(11(13,14)15)10(16-4-7)17-5-8-6-18-1-2-19-8/h3-4,8H,1-2,5-6H2,(H,16,17). The number of nitrogens with one attached hydrogen (secondary N) is 1. The number of aromatic nitrogens is 1. The molecule has 0 amide bonds. The Morgan fingerprint density at radius 1 is 1.42 bits per heavy atom. The minimum Gasteiger partial charge on any atom is -0.376 e. The van der Waals surface area contributed by atoms with Gasteiger partial charge in [-0.25, -0.2) is 4.98 Å². The van der Waals surface area contributed by atoms with Crippen LogP contribution in [0.25, 0.3) is 0 Å². The molecule has 0 radical (unpaired) electrons. The molecule has 1 N–H and O–H groups in total.